The van der Waals surface area contributed by atoms with Crippen LogP contribution in [0.15, 0.2) is 224 Å². The highest BCUT2D eigenvalue weighted by Crippen LogP contribution is 2.63. The lowest BCUT2D eigenvalue weighted by Gasteiger charge is -2.53. The molecule has 0 saturated carbocycles. The Balaban J connectivity index is 1.16. The third-order valence-electron chi connectivity index (χ3n) is 19.8. The second kappa shape index (κ2) is 19.3. The number of para-hydroxylation sites is 1. The Kier molecular flexibility index (Phi) is 12.4. The van der Waals surface area contributed by atoms with Gasteiger partial charge in [0.25, 0.3) is 6.71 Å². The summed E-state index contributed by atoms with van der Waals surface area (Å²) >= 11 is 0. The van der Waals surface area contributed by atoms with Gasteiger partial charge in [0, 0.05) is 50.7 Å². The van der Waals surface area contributed by atoms with Crippen LogP contribution in [-0.2, 0) is 39.9 Å². The van der Waals surface area contributed by atoms with E-state index in [1.54, 1.807) is 0 Å². The predicted octanol–water partition coefficient (Wildman–Crippen LogP) is 19.3. The molecule has 0 bridgehead atoms. The first-order valence-electron chi connectivity index (χ1n) is 31.0. The normalized spacial score (nSPS) is 17.8. The van der Waals surface area contributed by atoms with Crippen LogP contribution in [0.1, 0.15) is 135 Å². The van der Waals surface area contributed by atoms with E-state index in [2.05, 4.69) is 329 Å². The van der Waals surface area contributed by atoms with Gasteiger partial charge in [0.15, 0.2) is 0 Å². The van der Waals surface area contributed by atoms with Gasteiger partial charge in [-0.1, -0.05) is 253 Å². The van der Waals surface area contributed by atoms with Crippen LogP contribution in [0.25, 0.3) is 22.3 Å². The SMILES string of the molecule is CC(C)(C)c1ccc2c(c1)B1c3ccc(C(C)(C)C)cc3N(c3ccc(C(C)(C)C)cc3-c3ccccc3)c3cc(N4c5ccccc5C5(c6ccccc6)Cc6ccccc6CC45C)cc(c31)N2c1ccc(C(C)(C)C)cc1-c1ccccc1. The summed E-state index contributed by atoms with van der Waals surface area (Å²) in [5, 5.41) is 0. The summed E-state index contributed by atoms with van der Waals surface area (Å²) in [4.78, 5) is 8.21. The van der Waals surface area contributed by atoms with Crippen molar-refractivity contribution in [3.05, 3.63) is 269 Å². The molecule has 85 heavy (non-hydrogen) atoms. The number of hydrogen-bond acceptors (Lipinski definition) is 3. The monoisotopic (exact) mass is 1110 g/mol. The molecule has 3 heterocycles. The summed E-state index contributed by atoms with van der Waals surface area (Å²) in [7, 11) is 0. The molecular weight excluding hydrogens is 1030 g/mol. The molecule has 14 rings (SSSR count). The molecule has 10 aromatic carbocycles. The molecule has 0 amide bonds. The van der Waals surface area contributed by atoms with E-state index in [0.717, 1.165) is 12.8 Å². The van der Waals surface area contributed by atoms with Gasteiger partial charge in [-0.05, 0) is 168 Å². The first kappa shape index (κ1) is 54.6. The maximum atomic E-state index is 2.81. The van der Waals surface area contributed by atoms with Crippen molar-refractivity contribution < 1.29 is 0 Å². The first-order valence-corrected chi connectivity index (χ1v) is 31.0. The second-order valence-corrected chi connectivity index (χ2v) is 29.3. The molecule has 422 valence electrons. The molecule has 3 aliphatic heterocycles. The van der Waals surface area contributed by atoms with Crippen LogP contribution in [0.4, 0.5) is 45.5 Å². The van der Waals surface area contributed by atoms with Crippen molar-refractivity contribution in [1.29, 1.82) is 0 Å². The summed E-state index contributed by atoms with van der Waals surface area (Å²) in [5.41, 5.74) is 28.1. The van der Waals surface area contributed by atoms with Gasteiger partial charge in [-0.25, -0.2) is 0 Å². The van der Waals surface area contributed by atoms with Gasteiger partial charge in [-0.2, -0.15) is 0 Å². The minimum atomic E-state index is -0.449. The molecule has 10 aromatic rings. The zero-order valence-electron chi connectivity index (χ0n) is 52.2. The maximum Gasteiger partial charge on any atom is 0.252 e. The largest absolute Gasteiger partial charge is 0.334 e. The molecule has 0 spiro atoms. The summed E-state index contributed by atoms with van der Waals surface area (Å²) in [5.74, 6) is 0. The van der Waals surface area contributed by atoms with Crippen LogP contribution in [0.5, 0.6) is 0 Å². The summed E-state index contributed by atoms with van der Waals surface area (Å²) in [6.45, 7) is 30.7. The molecule has 3 nitrogen and oxygen atoms in total. The average molecular weight is 1110 g/mol. The highest BCUT2D eigenvalue weighted by molar-refractivity contribution is 7.00. The van der Waals surface area contributed by atoms with Gasteiger partial charge in [0.2, 0.25) is 0 Å². The molecule has 2 atom stereocenters. The third-order valence-corrected chi connectivity index (χ3v) is 19.8. The molecule has 4 aliphatic rings. The Morgan fingerprint density at radius 2 is 0.788 bits per heavy atom. The molecule has 1 aliphatic carbocycles. The average Bonchev–Trinajstić information content (AvgIpc) is 1.67. The highest BCUT2D eigenvalue weighted by atomic mass is 15.3. The van der Waals surface area contributed by atoms with Crippen molar-refractivity contribution in [1.82, 2.24) is 0 Å². The van der Waals surface area contributed by atoms with Crippen LogP contribution in [0.3, 0.4) is 0 Å². The number of hydrogen-bond donors (Lipinski definition) is 0. The van der Waals surface area contributed by atoms with E-state index in [4.69, 9.17) is 0 Å². The molecule has 4 heteroatoms. The minimum absolute atomic E-state index is 0.0781. The van der Waals surface area contributed by atoms with Crippen molar-refractivity contribution in [3.63, 3.8) is 0 Å². The Morgan fingerprint density at radius 3 is 1.33 bits per heavy atom. The standard InChI is InChI=1S/C81H80BN3/c1-76(2,3)58-38-42-68(63(45-58)53-27-17-14-18-28-53)83-71-44-40-60(78(7,8)9)47-67(71)82-66-41-37-61(79(10,11)12)48-72(66)84(69-43-39-59(77(4,5)6)46-64(69)54-29-19-15-20-30-54)74-50-62(49-73(83)75(74)82)85-70-36-26-25-35-65(70)81(57-33-21-16-22-34-57)52-56-32-24-23-31-55(56)51-80(81,85)13/h14-50H,51-52H2,1-13H3. The number of nitrogens with zero attached hydrogens (tertiary/aromatic N) is 3. The van der Waals surface area contributed by atoms with Crippen LogP contribution in [0.2, 0.25) is 0 Å². The van der Waals surface area contributed by atoms with Crippen LogP contribution >= 0.6 is 0 Å². The molecule has 0 aromatic heterocycles. The number of rotatable bonds is 6. The van der Waals surface area contributed by atoms with Gasteiger partial charge in [0.1, 0.15) is 0 Å². The van der Waals surface area contributed by atoms with E-state index in [9.17, 15) is 0 Å². The lowest BCUT2D eigenvalue weighted by molar-refractivity contribution is 0.281. The Labute approximate surface area is 507 Å². The van der Waals surface area contributed by atoms with Crippen LogP contribution in [0, 0.1) is 0 Å². The molecule has 0 radical (unpaired) electrons. The summed E-state index contributed by atoms with van der Waals surface area (Å²) in [6.07, 6.45) is 1.76. The molecule has 0 N–H and O–H groups in total. The van der Waals surface area contributed by atoms with E-state index in [1.165, 1.54) is 129 Å². The van der Waals surface area contributed by atoms with Crippen LogP contribution in [-0.4, -0.2) is 12.3 Å². The summed E-state index contributed by atoms with van der Waals surface area (Å²) in [6, 6.07) is 87.4. The molecule has 0 saturated heterocycles. The third kappa shape index (κ3) is 8.59. The van der Waals surface area contributed by atoms with Gasteiger partial charge in [0.05, 0.1) is 16.9 Å². The minimum Gasteiger partial charge on any atom is -0.334 e. The van der Waals surface area contributed by atoms with Crippen molar-refractivity contribution in [2.75, 3.05) is 14.7 Å². The molecule has 2 unspecified atom stereocenters. The lowest BCUT2D eigenvalue weighted by Crippen LogP contribution is -2.62. The number of anilines is 8. The Bertz CT molecular complexity index is 4260. The number of benzene rings is 10. The van der Waals surface area contributed by atoms with Crippen LogP contribution < -0.4 is 31.1 Å². The lowest BCUT2D eigenvalue weighted by atomic mass is 9.33. The van der Waals surface area contributed by atoms with Crippen molar-refractivity contribution in [2.24, 2.45) is 0 Å². The van der Waals surface area contributed by atoms with E-state index >= 15 is 0 Å². The smallest absolute Gasteiger partial charge is 0.252 e. The van der Waals surface area contributed by atoms with Crippen molar-refractivity contribution >= 4 is 68.6 Å². The van der Waals surface area contributed by atoms with E-state index in [-0.39, 0.29) is 33.8 Å². The quantitative estimate of drug-likeness (QED) is 0.154. The van der Waals surface area contributed by atoms with E-state index < -0.39 is 5.54 Å². The molecule has 0 fully saturated rings. The molecular formula is C81H80BN3. The summed E-state index contributed by atoms with van der Waals surface area (Å²) < 4.78 is 0. The van der Waals surface area contributed by atoms with E-state index in [1.807, 2.05) is 0 Å². The fraction of sp³-hybridized carbons (Fsp3) is 0.259. The topological polar surface area (TPSA) is 9.72 Å². The zero-order valence-corrected chi connectivity index (χ0v) is 52.2. The van der Waals surface area contributed by atoms with Gasteiger partial charge in [-0.3, -0.25) is 0 Å². The van der Waals surface area contributed by atoms with Crippen molar-refractivity contribution in [2.45, 2.75) is 135 Å². The fourth-order valence-electron chi connectivity index (χ4n) is 15.2. The van der Waals surface area contributed by atoms with Gasteiger partial charge >= 0.3 is 0 Å². The highest BCUT2D eigenvalue weighted by Gasteiger charge is 2.62. The van der Waals surface area contributed by atoms with Gasteiger partial charge < -0.3 is 14.7 Å². The van der Waals surface area contributed by atoms with Gasteiger partial charge in [-0.15, -0.1) is 0 Å². The Hall–Kier alpha value is -8.34. The fourth-order valence-corrected chi connectivity index (χ4v) is 15.2. The van der Waals surface area contributed by atoms with Crippen molar-refractivity contribution in [3.8, 4) is 22.3 Å². The first-order chi connectivity index (χ1) is 40.5. The zero-order chi connectivity index (χ0) is 59.2. The maximum absolute atomic E-state index is 2.81. The Morgan fingerprint density at radius 1 is 0.353 bits per heavy atom. The number of fused-ring (bicyclic) bond motifs is 8. The second-order valence-electron chi connectivity index (χ2n) is 29.3. The predicted molar refractivity (Wildman–Crippen MR) is 364 cm³/mol. The van der Waals surface area contributed by atoms with E-state index in [0.29, 0.717) is 0 Å².